The smallest absolute Gasteiger partial charge is 0.326 e. The molecule has 4 rings (SSSR count). The maximum absolute atomic E-state index is 13.5. The number of thiophene rings is 1. The Kier molecular flexibility index (Phi) is 14.5. The molecule has 276 valence electrons. The lowest BCUT2D eigenvalue weighted by Crippen LogP contribution is -2.52. The van der Waals surface area contributed by atoms with Crippen LogP contribution in [0.5, 0.6) is 5.75 Å². The summed E-state index contributed by atoms with van der Waals surface area (Å²) in [7, 11) is 0. The Balaban J connectivity index is 1.43. The van der Waals surface area contributed by atoms with Crippen LogP contribution >= 0.6 is 11.3 Å². The molecule has 2 aromatic heterocycles. The maximum atomic E-state index is 13.5. The number of rotatable bonds is 19. The van der Waals surface area contributed by atoms with Gasteiger partial charge in [-0.1, -0.05) is 89.8 Å². The highest BCUT2D eigenvalue weighted by atomic mass is 32.1. The molecular formula is C40H49N5O6S. The van der Waals surface area contributed by atoms with Crippen molar-refractivity contribution in [2.45, 2.75) is 96.6 Å². The average molecular weight is 728 g/mol. The van der Waals surface area contributed by atoms with Crippen molar-refractivity contribution in [3.8, 4) is 28.3 Å². The molecule has 0 radical (unpaired) electrons. The van der Waals surface area contributed by atoms with Crippen molar-refractivity contribution in [3.05, 3.63) is 88.4 Å². The Morgan fingerprint density at radius 3 is 2.08 bits per heavy atom. The molecule has 0 bridgehead atoms. The van der Waals surface area contributed by atoms with Crippen LogP contribution in [0.2, 0.25) is 0 Å². The summed E-state index contributed by atoms with van der Waals surface area (Å²) in [5.41, 5.74) is 8.36. The van der Waals surface area contributed by atoms with E-state index in [0.29, 0.717) is 17.3 Å². The number of aromatic nitrogens is 2. The number of nitrogens with two attached hydrogens (primary N) is 1. The molecule has 2 aromatic carbocycles. The fourth-order valence-electron chi connectivity index (χ4n) is 5.41. The highest BCUT2D eigenvalue weighted by Crippen LogP contribution is 2.29. The van der Waals surface area contributed by atoms with Gasteiger partial charge in [0.25, 0.3) is 5.91 Å². The SMILES string of the molecule is CCCCCCCOc1ccc(-c2cnc(-c3ccc(C[C@H](NC(=O)c4ccc(C(C)(C)C)s4)C(=O)N[C@H](CCC(N)=O)C(=O)O)cc3)nc2)cc1. The molecule has 2 atom stereocenters. The van der Waals surface area contributed by atoms with Crippen LogP contribution in [0.4, 0.5) is 0 Å². The Morgan fingerprint density at radius 2 is 1.48 bits per heavy atom. The highest BCUT2D eigenvalue weighted by molar-refractivity contribution is 7.14. The minimum absolute atomic E-state index is 0.0792. The van der Waals surface area contributed by atoms with Crippen molar-refractivity contribution < 1.29 is 29.0 Å². The summed E-state index contributed by atoms with van der Waals surface area (Å²) in [6, 6.07) is 16.3. The van der Waals surface area contributed by atoms with Gasteiger partial charge in [-0.05, 0) is 53.6 Å². The maximum Gasteiger partial charge on any atom is 0.326 e. The van der Waals surface area contributed by atoms with Crippen LogP contribution < -0.4 is 21.1 Å². The standard InChI is InChI=1S/C40H49N5O6S/c1-5-6-7-8-9-22-51-30-16-14-27(15-17-30)29-24-42-36(43-25-29)28-12-10-26(11-13-28)23-32(37(47)44-31(39(49)50)18-21-35(41)46)45-38(48)33-19-20-34(52-33)40(2,3)4/h10-17,19-20,24-25,31-32H,5-9,18,21-23H2,1-4H3,(H2,41,46)(H,44,47)(H,45,48)(H,49,50)/t31-,32+/m1/s1. The molecule has 0 saturated carbocycles. The number of carboxylic acid groups (broad SMARTS) is 1. The largest absolute Gasteiger partial charge is 0.494 e. The molecule has 5 N–H and O–H groups in total. The number of nitrogens with zero attached hydrogens (tertiary/aromatic N) is 2. The van der Waals surface area contributed by atoms with E-state index >= 15 is 0 Å². The number of hydrogen-bond donors (Lipinski definition) is 4. The van der Waals surface area contributed by atoms with E-state index in [0.717, 1.165) is 39.3 Å². The molecular weight excluding hydrogens is 679 g/mol. The summed E-state index contributed by atoms with van der Waals surface area (Å²) in [5, 5.41) is 14.9. The van der Waals surface area contributed by atoms with Gasteiger partial charge in [-0.25, -0.2) is 14.8 Å². The fraction of sp³-hybridized carbons (Fsp3) is 0.400. The number of carbonyl (C=O) groups excluding carboxylic acids is 3. The summed E-state index contributed by atoms with van der Waals surface area (Å²) in [5.74, 6) is -1.77. The van der Waals surface area contributed by atoms with E-state index in [9.17, 15) is 24.3 Å². The molecule has 2 heterocycles. The number of unbranched alkanes of at least 4 members (excludes halogenated alkanes) is 4. The molecule has 0 aliphatic carbocycles. The van der Waals surface area contributed by atoms with E-state index in [1.165, 1.54) is 37.0 Å². The monoisotopic (exact) mass is 727 g/mol. The molecule has 0 aliphatic rings. The number of hydrogen-bond acceptors (Lipinski definition) is 8. The van der Waals surface area contributed by atoms with Crippen LogP contribution in [-0.4, -0.2) is 57.5 Å². The number of nitrogens with one attached hydrogen (secondary N) is 2. The van der Waals surface area contributed by atoms with Crippen molar-refractivity contribution in [3.63, 3.8) is 0 Å². The first-order valence-electron chi connectivity index (χ1n) is 17.7. The lowest BCUT2D eigenvalue weighted by atomic mass is 9.95. The van der Waals surface area contributed by atoms with Crippen molar-refractivity contribution >= 4 is 35.0 Å². The highest BCUT2D eigenvalue weighted by Gasteiger charge is 2.28. The fourth-order valence-corrected chi connectivity index (χ4v) is 6.38. The number of primary amides is 1. The zero-order valence-electron chi connectivity index (χ0n) is 30.3. The molecule has 0 unspecified atom stereocenters. The zero-order valence-corrected chi connectivity index (χ0v) is 31.1. The van der Waals surface area contributed by atoms with Gasteiger partial charge in [-0.15, -0.1) is 11.3 Å². The summed E-state index contributed by atoms with van der Waals surface area (Å²) in [6.07, 6.45) is 9.17. The Morgan fingerprint density at radius 1 is 0.827 bits per heavy atom. The molecule has 3 amide bonds. The first-order chi connectivity index (χ1) is 24.8. The quantitative estimate of drug-likeness (QED) is 0.0773. The number of amides is 3. The molecule has 0 fully saturated rings. The molecule has 0 aliphatic heterocycles. The van der Waals surface area contributed by atoms with Crippen molar-refractivity contribution in [1.29, 1.82) is 0 Å². The van der Waals surface area contributed by atoms with Gasteiger partial charge in [-0.3, -0.25) is 14.4 Å². The number of carboxylic acids is 1. The van der Waals surface area contributed by atoms with Crippen molar-refractivity contribution in [1.82, 2.24) is 20.6 Å². The molecule has 0 saturated heterocycles. The second-order valence-electron chi connectivity index (χ2n) is 13.8. The van der Waals surface area contributed by atoms with Crippen molar-refractivity contribution in [2.24, 2.45) is 5.73 Å². The Bertz CT molecular complexity index is 1780. The van der Waals surface area contributed by atoms with Gasteiger partial charge >= 0.3 is 5.97 Å². The lowest BCUT2D eigenvalue weighted by Gasteiger charge is -2.21. The minimum Gasteiger partial charge on any atom is -0.494 e. The van der Waals surface area contributed by atoms with Crippen LogP contribution in [0.1, 0.15) is 92.8 Å². The topological polar surface area (TPSA) is 174 Å². The normalized spacial score (nSPS) is 12.5. The Hall–Kier alpha value is -5.10. The van der Waals surface area contributed by atoms with E-state index in [4.69, 9.17) is 10.5 Å². The summed E-state index contributed by atoms with van der Waals surface area (Å²) >= 11 is 1.33. The minimum atomic E-state index is -1.35. The number of benzene rings is 2. The zero-order chi connectivity index (χ0) is 37.7. The molecule has 12 heteroatoms. The predicted molar refractivity (Wildman–Crippen MR) is 203 cm³/mol. The third-order valence-electron chi connectivity index (χ3n) is 8.49. The number of aliphatic carboxylic acids is 1. The summed E-state index contributed by atoms with van der Waals surface area (Å²) in [4.78, 5) is 60.5. The van der Waals surface area contributed by atoms with Crippen LogP contribution in [0.3, 0.4) is 0 Å². The van der Waals surface area contributed by atoms with E-state index in [2.05, 4.69) is 27.5 Å². The van der Waals surface area contributed by atoms with Gasteiger partial charge in [0.15, 0.2) is 5.82 Å². The van der Waals surface area contributed by atoms with Gasteiger partial charge in [0.2, 0.25) is 11.8 Å². The van der Waals surface area contributed by atoms with E-state index < -0.39 is 35.8 Å². The van der Waals surface area contributed by atoms with Crippen LogP contribution in [0.25, 0.3) is 22.5 Å². The van der Waals surface area contributed by atoms with Gasteiger partial charge in [0.1, 0.15) is 17.8 Å². The summed E-state index contributed by atoms with van der Waals surface area (Å²) in [6.45, 7) is 9.05. The second kappa shape index (κ2) is 18.9. The molecule has 11 nitrogen and oxygen atoms in total. The number of ether oxygens (including phenoxy) is 1. The van der Waals surface area contributed by atoms with Crippen LogP contribution in [0, 0.1) is 0 Å². The van der Waals surface area contributed by atoms with Crippen molar-refractivity contribution in [2.75, 3.05) is 6.61 Å². The lowest BCUT2D eigenvalue weighted by molar-refractivity contribution is -0.142. The molecule has 0 spiro atoms. The van der Waals surface area contributed by atoms with E-state index in [1.54, 1.807) is 18.5 Å². The van der Waals surface area contributed by atoms with E-state index in [1.807, 2.05) is 75.4 Å². The second-order valence-corrected chi connectivity index (χ2v) is 14.9. The van der Waals surface area contributed by atoms with Crippen LogP contribution in [0.15, 0.2) is 73.1 Å². The molecule has 52 heavy (non-hydrogen) atoms. The van der Waals surface area contributed by atoms with Crippen LogP contribution in [-0.2, 0) is 26.2 Å². The van der Waals surface area contributed by atoms with Gasteiger partial charge < -0.3 is 26.2 Å². The summed E-state index contributed by atoms with van der Waals surface area (Å²) < 4.78 is 5.88. The van der Waals surface area contributed by atoms with Gasteiger partial charge in [-0.2, -0.15) is 0 Å². The van der Waals surface area contributed by atoms with Gasteiger partial charge in [0.05, 0.1) is 11.5 Å². The molecule has 4 aromatic rings. The third-order valence-corrected chi connectivity index (χ3v) is 10.0. The third kappa shape index (κ3) is 12.0. The Labute approximate surface area is 309 Å². The van der Waals surface area contributed by atoms with E-state index in [-0.39, 0.29) is 24.7 Å². The average Bonchev–Trinajstić information content (AvgIpc) is 3.64. The predicted octanol–water partition coefficient (Wildman–Crippen LogP) is 6.69. The van der Waals surface area contributed by atoms with Gasteiger partial charge in [0, 0.05) is 41.2 Å². The first kappa shape index (κ1) is 39.7. The number of carbonyl (C=O) groups is 4. The first-order valence-corrected chi connectivity index (χ1v) is 18.5.